The Labute approximate surface area is 110 Å². The summed E-state index contributed by atoms with van der Waals surface area (Å²) in [5.74, 6) is 0.423. The molecule has 0 spiro atoms. The first-order chi connectivity index (χ1) is 8.71. The fraction of sp³-hybridized carbons (Fsp3) is 0.643. The zero-order chi connectivity index (χ0) is 13.4. The van der Waals surface area contributed by atoms with Gasteiger partial charge in [-0.25, -0.2) is 0 Å². The van der Waals surface area contributed by atoms with Gasteiger partial charge in [0.15, 0.2) is 0 Å². The molecule has 4 nitrogen and oxygen atoms in total. The van der Waals surface area contributed by atoms with Crippen LogP contribution >= 0.6 is 0 Å². The number of amides is 1. The van der Waals surface area contributed by atoms with E-state index < -0.39 is 0 Å². The average Bonchev–Trinajstić information content (AvgIpc) is 2.38. The van der Waals surface area contributed by atoms with Crippen molar-refractivity contribution in [1.29, 1.82) is 0 Å². The van der Waals surface area contributed by atoms with Gasteiger partial charge < -0.3 is 10.0 Å². The van der Waals surface area contributed by atoms with E-state index in [0.717, 1.165) is 25.9 Å². The van der Waals surface area contributed by atoms with Gasteiger partial charge in [0, 0.05) is 26.2 Å². The normalized spacial score (nSPS) is 20.4. The molecule has 1 heterocycles. The summed E-state index contributed by atoms with van der Waals surface area (Å²) in [6, 6.07) is 0. The second-order valence-electron chi connectivity index (χ2n) is 4.80. The highest BCUT2D eigenvalue weighted by molar-refractivity contribution is 5.78. The molecular weight excluding hydrogens is 228 g/mol. The first-order valence-electron chi connectivity index (χ1n) is 6.54. The predicted octanol–water partition coefficient (Wildman–Crippen LogP) is 0.891. The highest BCUT2D eigenvalue weighted by atomic mass is 16.3. The van der Waals surface area contributed by atoms with Gasteiger partial charge in [0.25, 0.3) is 0 Å². The number of aliphatic hydroxyl groups is 1. The summed E-state index contributed by atoms with van der Waals surface area (Å²) in [7, 11) is 0. The molecule has 0 radical (unpaired) electrons. The number of likely N-dealkylation sites (tertiary alicyclic amines) is 1. The number of aliphatic hydroxyl groups excluding tert-OH is 1. The lowest BCUT2D eigenvalue weighted by atomic mass is 9.99. The van der Waals surface area contributed by atoms with Crippen LogP contribution < -0.4 is 0 Å². The van der Waals surface area contributed by atoms with Gasteiger partial charge in [-0.15, -0.1) is 13.2 Å². The quantitative estimate of drug-likeness (QED) is 0.684. The van der Waals surface area contributed by atoms with Gasteiger partial charge in [0.2, 0.25) is 5.91 Å². The topological polar surface area (TPSA) is 43.8 Å². The van der Waals surface area contributed by atoms with Crippen LogP contribution in [-0.4, -0.2) is 60.1 Å². The number of rotatable bonds is 7. The highest BCUT2D eigenvalue weighted by Crippen LogP contribution is 2.15. The Hall–Kier alpha value is -1.13. The van der Waals surface area contributed by atoms with Crippen LogP contribution in [0, 0.1) is 5.92 Å². The first-order valence-corrected chi connectivity index (χ1v) is 6.54. The number of carbonyl (C=O) groups is 1. The van der Waals surface area contributed by atoms with E-state index in [1.165, 1.54) is 0 Å². The molecule has 1 N–H and O–H groups in total. The van der Waals surface area contributed by atoms with Crippen LogP contribution in [-0.2, 0) is 4.79 Å². The molecule has 0 aliphatic carbocycles. The van der Waals surface area contributed by atoms with E-state index in [0.29, 0.717) is 25.6 Å². The van der Waals surface area contributed by atoms with Crippen molar-refractivity contribution in [1.82, 2.24) is 9.80 Å². The predicted molar refractivity (Wildman–Crippen MR) is 73.2 cm³/mol. The molecule has 102 valence electrons. The molecule has 1 aliphatic rings. The number of hydrogen-bond acceptors (Lipinski definition) is 3. The number of carbonyl (C=O) groups excluding carboxylic acids is 1. The van der Waals surface area contributed by atoms with Gasteiger partial charge in [0.1, 0.15) is 0 Å². The largest absolute Gasteiger partial charge is 0.396 e. The lowest BCUT2D eigenvalue weighted by Gasteiger charge is -2.32. The zero-order valence-electron chi connectivity index (χ0n) is 11.1. The second-order valence-corrected chi connectivity index (χ2v) is 4.80. The van der Waals surface area contributed by atoms with Crippen molar-refractivity contribution in [2.24, 2.45) is 5.92 Å². The molecule has 0 aromatic heterocycles. The Bertz CT molecular complexity index is 282. The molecule has 0 saturated carbocycles. The molecule has 0 unspecified atom stereocenters. The maximum absolute atomic E-state index is 12.1. The lowest BCUT2D eigenvalue weighted by Crippen LogP contribution is -2.44. The van der Waals surface area contributed by atoms with Crippen molar-refractivity contribution in [3.8, 4) is 0 Å². The van der Waals surface area contributed by atoms with Crippen LogP contribution in [0.5, 0.6) is 0 Å². The van der Waals surface area contributed by atoms with E-state index in [2.05, 4.69) is 18.1 Å². The summed E-state index contributed by atoms with van der Waals surface area (Å²) >= 11 is 0. The fourth-order valence-electron chi connectivity index (χ4n) is 2.33. The first kappa shape index (κ1) is 14.9. The molecule has 0 bridgehead atoms. The maximum Gasteiger partial charge on any atom is 0.237 e. The monoisotopic (exact) mass is 252 g/mol. The van der Waals surface area contributed by atoms with Gasteiger partial charge in [-0.1, -0.05) is 12.2 Å². The Kier molecular flexibility index (Phi) is 6.68. The number of piperidine rings is 1. The zero-order valence-corrected chi connectivity index (χ0v) is 11.1. The molecule has 1 rings (SSSR count). The molecular formula is C14H24N2O2. The van der Waals surface area contributed by atoms with E-state index >= 15 is 0 Å². The van der Waals surface area contributed by atoms with Crippen molar-refractivity contribution in [3.63, 3.8) is 0 Å². The van der Waals surface area contributed by atoms with Crippen LogP contribution in [0.2, 0.25) is 0 Å². The summed E-state index contributed by atoms with van der Waals surface area (Å²) in [5.41, 5.74) is 0. The van der Waals surface area contributed by atoms with E-state index in [-0.39, 0.29) is 12.5 Å². The molecule has 1 amide bonds. The molecule has 4 heteroatoms. The van der Waals surface area contributed by atoms with E-state index in [1.54, 1.807) is 17.1 Å². The van der Waals surface area contributed by atoms with Crippen LogP contribution in [0.3, 0.4) is 0 Å². The van der Waals surface area contributed by atoms with Crippen molar-refractivity contribution in [2.75, 3.05) is 39.3 Å². The Morgan fingerprint density at radius 1 is 1.39 bits per heavy atom. The summed E-state index contributed by atoms with van der Waals surface area (Å²) in [6.45, 7) is 10.8. The third-order valence-electron chi connectivity index (χ3n) is 3.27. The average molecular weight is 252 g/mol. The van der Waals surface area contributed by atoms with Crippen LogP contribution in [0.4, 0.5) is 0 Å². The van der Waals surface area contributed by atoms with Crippen LogP contribution in [0.25, 0.3) is 0 Å². The highest BCUT2D eigenvalue weighted by Gasteiger charge is 2.22. The minimum absolute atomic E-state index is 0.105. The van der Waals surface area contributed by atoms with Crippen molar-refractivity contribution in [2.45, 2.75) is 12.8 Å². The lowest BCUT2D eigenvalue weighted by molar-refractivity contribution is -0.131. The van der Waals surface area contributed by atoms with Gasteiger partial charge in [-0.2, -0.15) is 0 Å². The summed E-state index contributed by atoms with van der Waals surface area (Å²) in [6.07, 6.45) is 5.58. The molecule has 0 aromatic rings. The summed E-state index contributed by atoms with van der Waals surface area (Å²) < 4.78 is 0. The SMILES string of the molecule is C=CCN(CC=C)C(=O)CN1CCC[C@@H](CO)C1. The van der Waals surface area contributed by atoms with Crippen molar-refractivity contribution in [3.05, 3.63) is 25.3 Å². The Balaban J connectivity index is 2.45. The van der Waals surface area contributed by atoms with Crippen LogP contribution in [0.15, 0.2) is 25.3 Å². The minimum atomic E-state index is 0.105. The standard InChI is InChI=1S/C14H24N2O2/c1-3-7-16(8-4-2)14(18)11-15-9-5-6-13(10-15)12-17/h3-4,13,17H,1-2,5-12H2/t13-/m1/s1. The van der Waals surface area contributed by atoms with Gasteiger partial charge in [-0.3, -0.25) is 9.69 Å². The third kappa shape index (κ3) is 4.63. The molecule has 1 aliphatic heterocycles. The number of nitrogens with zero attached hydrogens (tertiary/aromatic N) is 2. The van der Waals surface area contributed by atoms with Crippen LogP contribution in [0.1, 0.15) is 12.8 Å². The second kappa shape index (κ2) is 8.06. The molecule has 1 fully saturated rings. The van der Waals surface area contributed by atoms with E-state index in [9.17, 15) is 9.90 Å². The Morgan fingerprint density at radius 3 is 2.61 bits per heavy atom. The van der Waals surface area contributed by atoms with Gasteiger partial charge in [0.05, 0.1) is 6.54 Å². The van der Waals surface area contributed by atoms with Gasteiger partial charge in [-0.05, 0) is 25.3 Å². The summed E-state index contributed by atoms with van der Waals surface area (Å²) in [5, 5.41) is 9.17. The molecule has 0 aromatic carbocycles. The Morgan fingerprint density at radius 2 is 2.06 bits per heavy atom. The maximum atomic E-state index is 12.1. The van der Waals surface area contributed by atoms with Crippen molar-refractivity contribution >= 4 is 5.91 Å². The van der Waals surface area contributed by atoms with Gasteiger partial charge >= 0.3 is 0 Å². The molecule has 1 saturated heterocycles. The van der Waals surface area contributed by atoms with E-state index in [4.69, 9.17) is 0 Å². The molecule has 1 atom stereocenters. The third-order valence-corrected chi connectivity index (χ3v) is 3.27. The summed E-state index contributed by atoms with van der Waals surface area (Å²) in [4.78, 5) is 16.0. The fourth-order valence-corrected chi connectivity index (χ4v) is 2.33. The van der Waals surface area contributed by atoms with E-state index in [1.807, 2.05) is 0 Å². The minimum Gasteiger partial charge on any atom is -0.396 e. The smallest absolute Gasteiger partial charge is 0.237 e. The van der Waals surface area contributed by atoms with Crippen molar-refractivity contribution < 1.29 is 9.90 Å². The molecule has 18 heavy (non-hydrogen) atoms. The number of hydrogen-bond donors (Lipinski definition) is 1.